The number of likely N-dealkylation sites (N-methyl/N-ethyl adjacent to an activating group) is 1. The van der Waals surface area contributed by atoms with Crippen LogP contribution in [0, 0.1) is 0 Å². The van der Waals surface area contributed by atoms with Gasteiger partial charge < -0.3 is 9.80 Å². The van der Waals surface area contributed by atoms with E-state index in [-0.39, 0.29) is 15.8 Å². The summed E-state index contributed by atoms with van der Waals surface area (Å²) in [4.78, 5) is 17.0. The molecule has 2 saturated heterocycles. The Kier molecular flexibility index (Phi) is 7.02. The summed E-state index contributed by atoms with van der Waals surface area (Å²) < 4.78 is 27.8. The van der Waals surface area contributed by atoms with E-state index in [1.165, 1.54) is 16.4 Å². The Labute approximate surface area is 173 Å². The fraction of sp³-hybridized carbons (Fsp3) is 0.650. The Morgan fingerprint density at radius 3 is 2.39 bits per heavy atom. The molecule has 0 spiro atoms. The molecular formula is C20H30ClN3O3S. The molecule has 28 heavy (non-hydrogen) atoms. The molecule has 0 aromatic heterocycles. The number of halogens is 1. The van der Waals surface area contributed by atoms with Gasteiger partial charge >= 0.3 is 0 Å². The van der Waals surface area contributed by atoms with Gasteiger partial charge in [0, 0.05) is 37.8 Å². The molecule has 6 nitrogen and oxygen atoms in total. The van der Waals surface area contributed by atoms with E-state index in [1.54, 1.807) is 6.07 Å². The highest BCUT2D eigenvalue weighted by molar-refractivity contribution is 7.89. The molecule has 2 aliphatic rings. The summed E-state index contributed by atoms with van der Waals surface area (Å²) in [5.41, 5.74) is 0.386. The molecule has 2 aliphatic heterocycles. The number of likely N-dealkylation sites (tertiary alicyclic amines) is 1. The quantitative estimate of drug-likeness (QED) is 0.740. The maximum atomic E-state index is 13.2. The Morgan fingerprint density at radius 1 is 1.07 bits per heavy atom. The first kappa shape index (κ1) is 21.6. The second-order valence-electron chi connectivity index (χ2n) is 7.97. The van der Waals surface area contributed by atoms with Crippen LogP contribution >= 0.6 is 11.6 Å². The van der Waals surface area contributed by atoms with Crippen LogP contribution in [0.5, 0.6) is 0 Å². The van der Waals surface area contributed by atoms with Crippen LogP contribution in [0.1, 0.15) is 48.9 Å². The maximum absolute atomic E-state index is 13.2. The molecule has 2 heterocycles. The van der Waals surface area contributed by atoms with Crippen molar-refractivity contribution in [3.63, 3.8) is 0 Å². The third-order valence-electron chi connectivity index (χ3n) is 5.78. The van der Waals surface area contributed by atoms with Crippen molar-refractivity contribution in [2.24, 2.45) is 0 Å². The molecule has 0 N–H and O–H groups in total. The van der Waals surface area contributed by atoms with Gasteiger partial charge in [-0.1, -0.05) is 24.4 Å². The molecule has 1 amide bonds. The molecule has 8 heteroatoms. The van der Waals surface area contributed by atoms with Crippen LogP contribution in [0.4, 0.5) is 0 Å². The Balaban J connectivity index is 1.85. The van der Waals surface area contributed by atoms with E-state index >= 15 is 0 Å². The van der Waals surface area contributed by atoms with Crippen LogP contribution in [-0.2, 0) is 10.0 Å². The summed E-state index contributed by atoms with van der Waals surface area (Å²) in [7, 11) is 0.337. The first-order chi connectivity index (χ1) is 13.3. The van der Waals surface area contributed by atoms with Crippen molar-refractivity contribution in [3.8, 4) is 0 Å². The number of benzene rings is 1. The fourth-order valence-electron chi connectivity index (χ4n) is 4.00. The molecule has 1 atom stereocenters. The van der Waals surface area contributed by atoms with E-state index in [9.17, 15) is 13.2 Å². The molecule has 1 aromatic carbocycles. The predicted molar refractivity (Wildman–Crippen MR) is 111 cm³/mol. The molecule has 0 bridgehead atoms. The van der Waals surface area contributed by atoms with E-state index in [0.29, 0.717) is 37.8 Å². The lowest BCUT2D eigenvalue weighted by molar-refractivity contribution is 0.0635. The van der Waals surface area contributed by atoms with Crippen LogP contribution < -0.4 is 0 Å². The molecule has 0 aliphatic carbocycles. The van der Waals surface area contributed by atoms with E-state index < -0.39 is 10.0 Å². The topological polar surface area (TPSA) is 60.9 Å². The van der Waals surface area contributed by atoms with Gasteiger partial charge in [-0.05, 0) is 58.0 Å². The normalized spacial score (nSPS) is 22.3. The zero-order chi connectivity index (χ0) is 20.3. The lowest BCUT2D eigenvalue weighted by atomic mass is 10.0. The lowest BCUT2D eigenvalue weighted by Crippen LogP contribution is -2.47. The second-order valence-corrected chi connectivity index (χ2v) is 10.3. The largest absolute Gasteiger partial charge is 0.337 e. The smallest absolute Gasteiger partial charge is 0.253 e. The molecule has 156 valence electrons. The molecule has 2 fully saturated rings. The number of carbonyl (C=O) groups is 1. The minimum Gasteiger partial charge on any atom is -0.337 e. The van der Waals surface area contributed by atoms with E-state index in [2.05, 4.69) is 4.90 Å². The molecule has 3 rings (SSSR count). The zero-order valence-corrected chi connectivity index (χ0v) is 18.3. The highest BCUT2D eigenvalue weighted by Gasteiger charge is 2.30. The average Bonchev–Trinajstić information content (AvgIpc) is 2.98. The predicted octanol–water partition coefficient (Wildman–Crippen LogP) is 3.07. The van der Waals surface area contributed by atoms with Crippen molar-refractivity contribution in [2.45, 2.75) is 49.5 Å². The van der Waals surface area contributed by atoms with Crippen molar-refractivity contribution in [3.05, 3.63) is 28.8 Å². The number of rotatable bonds is 4. The van der Waals surface area contributed by atoms with E-state index in [0.717, 1.165) is 38.5 Å². The number of sulfonamides is 1. The minimum absolute atomic E-state index is 0.0445. The monoisotopic (exact) mass is 427 g/mol. The van der Waals surface area contributed by atoms with Gasteiger partial charge in [0.25, 0.3) is 5.91 Å². The van der Waals surface area contributed by atoms with Crippen LogP contribution in [0.2, 0.25) is 5.02 Å². The van der Waals surface area contributed by atoms with Crippen molar-refractivity contribution < 1.29 is 13.2 Å². The highest BCUT2D eigenvalue weighted by atomic mass is 35.5. The van der Waals surface area contributed by atoms with Crippen molar-refractivity contribution in [1.29, 1.82) is 0 Å². The first-order valence-electron chi connectivity index (χ1n) is 10.1. The SMILES string of the molecule is CN(C)C1CCCN(C(=O)c2ccc(Cl)c(S(=O)(=O)N3CCCCCC3)c2)C1. The molecule has 1 unspecified atom stereocenters. The zero-order valence-electron chi connectivity index (χ0n) is 16.7. The van der Waals surface area contributed by atoms with Gasteiger partial charge in [-0.2, -0.15) is 4.31 Å². The van der Waals surface area contributed by atoms with Gasteiger partial charge in [-0.25, -0.2) is 8.42 Å². The number of hydrogen-bond donors (Lipinski definition) is 0. The highest BCUT2D eigenvalue weighted by Crippen LogP contribution is 2.28. The summed E-state index contributed by atoms with van der Waals surface area (Å²) in [5, 5.41) is 0.172. The third-order valence-corrected chi connectivity index (χ3v) is 8.16. The Morgan fingerprint density at radius 2 is 1.75 bits per heavy atom. The van der Waals surface area contributed by atoms with Crippen LogP contribution in [0.3, 0.4) is 0 Å². The van der Waals surface area contributed by atoms with E-state index in [4.69, 9.17) is 11.6 Å². The summed E-state index contributed by atoms with van der Waals surface area (Å²) in [6.07, 6.45) is 5.80. The number of carbonyl (C=O) groups excluding carboxylic acids is 1. The van der Waals surface area contributed by atoms with Gasteiger partial charge in [0.1, 0.15) is 4.90 Å². The third kappa shape index (κ3) is 4.70. The van der Waals surface area contributed by atoms with Gasteiger partial charge in [0.05, 0.1) is 5.02 Å². The average molecular weight is 428 g/mol. The molecule has 1 aromatic rings. The minimum atomic E-state index is -3.70. The van der Waals surface area contributed by atoms with Gasteiger partial charge in [-0.3, -0.25) is 4.79 Å². The molecule has 0 radical (unpaired) electrons. The maximum Gasteiger partial charge on any atom is 0.253 e. The number of nitrogens with zero attached hydrogens (tertiary/aromatic N) is 3. The number of amides is 1. The summed E-state index contributed by atoms with van der Waals surface area (Å²) in [5.74, 6) is -0.129. The molecule has 0 saturated carbocycles. The summed E-state index contributed by atoms with van der Waals surface area (Å²) in [6.45, 7) is 2.36. The van der Waals surface area contributed by atoms with Gasteiger partial charge in [0.15, 0.2) is 0 Å². The summed E-state index contributed by atoms with van der Waals surface area (Å²) >= 11 is 6.26. The van der Waals surface area contributed by atoms with Gasteiger partial charge in [0.2, 0.25) is 10.0 Å². The van der Waals surface area contributed by atoms with Crippen LogP contribution in [0.15, 0.2) is 23.1 Å². The lowest BCUT2D eigenvalue weighted by Gasteiger charge is -2.36. The van der Waals surface area contributed by atoms with Crippen LogP contribution in [0.25, 0.3) is 0 Å². The van der Waals surface area contributed by atoms with E-state index in [1.807, 2.05) is 19.0 Å². The van der Waals surface area contributed by atoms with Crippen molar-refractivity contribution >= 4 is 27.5 Å². The Hall–Kier alpha value is -1.15. The molecular weight excluding hydrogens is 398 g/mol. The Bertz CT molecular complexity index is 805. The van der Waals surface area contributed by atoms with Crippen LogP contribution in [-0.4, -0.2) is 74.7 Å². The van der Waals surface area contributed by atoms with Gasteiger partial charge in [-0.15, -0.1) is 0 Å². The number of hydrogen-bond acceptors (Lipinski definition) is 4. The first-order valence-corrected chi connectivity index (χ1v) is 11.9. The second kappa shape index (κ2) is 9.11. The fourth-order valence-corrected chi connectivity index (χ4v) is 6.02. The number of piperidine rings is 1. The standard InChI is InChI=1S/C20H30ClN3O3S/c1-22(2)17-8-7-11-23(15-17)20(25)16-9-10-18(21)19(14-16)28(26,27)24-12-5-3-4-6-13-24/h9-10,14,17H,3-8,11-13,15H2,1-2H3. The summed E-state index contributed by atoms with van der Waals surface area (Å²) in [6, 6.07) is 4.95. The van der Waals surface area contributed by atoms with Crippen molar-refractivity contribution in [2.75, 3.05) is 40.3 Å². The van der Waals surface area contributed by atoms with Crippen molar-refractivity contribution in [1.82, 2.24) is 14.1 Å².